The van der Waals surface area contributed by atoms with E-state index in [4.69, 9.17) is 0 Å². The van der Waals surface area contributed by atoms with Crippen LogP contribution in [0.4, 0.5) is 11.5 Å². The van der Waals surface area contributed by atoms with Crippen molar-refractivity contribution < 1.29 is 4.79 Å². The molecule has 210 valence electrons. The molecular formula is C33H37N7O. The van der Waals surface area contributed by atoms with Crippen molar-refractivity contribution in [1.29, 1.82) is 0 Å². The second-order valence-electron chi connectivity index (χ2n) is 8.71. The molecule has 0 aliphatic rings. The van der Waals surface area contributed by atoms with E-state index in [2.05, 4.69) is 70.2 Å². The van der Waals surface area contributed by atoms with Gasteiger partial charge < -0.3 is 16.0 Å². The number of aliphatic imine (C=N–C) groups is 1. The molecule has 2 aromatic heterocycles. The fourth-order valence-electron chi connectivity index (χ4n) is 3.90. The van der Waals surface area contributed by atoms with Gasteiger partial charge in [0, 0.05) is 30.3 Å². The Morgan fingerprint density at radius 2 is 1.93 bits per heavy atom. The molecule has 1 aromatic carbocycles. The van der Waals surface area contributed by atoms with Crippen LogP contribution in [0.5, 0.6) is 0 Å². The number of aryl methyl sites for hydroxylation is 2. The minimum Gasteiger partial charge on any atom is -0.352 e. The van der Waals surface area contributed by atoms with Gasteiger partial charge in [0.25, 0.3) is 5.91 Å². The first kappa shape index (κ1) is 31.8. The molecule has 0 aliphatic heterocycles. The molecule has 0 radical (unpaired) electrons. The van der Waals surface area contributed by atoms with E-state index in [-0.39, 0.29) is 5.91 Å². The number of nitrogens with one attached hydrogen (secondary N) is 3. The zero-order chi connectivity index (χ0) is 30.4. The Morgan fingerprint density at radius 3 is 2.59 bits per heavy atom. The molecule has 0 spiro atoms. The predicted molar refractivity (Wildman–Crippen MR) is 172 cm³/mol. The molecule has 0 atom stereocenters. The number of carbonyl (C=O) groups is 1. The fourth-order valence-corrected chi connectivity index (χ4v) is 3.90. The van der Waals surface area contributed by atoms with E-state index in [9.17, 15) is 4.79 Å². The van der Waals surface area contributed by atoms with Crippen LogP contribution < -0.4 is 16.0 Å². The smallest absolute Gasteiger partial charge is 0.253 e. The lowest BCUT2D eigenvalue weighted by molar-refractivity contribution is 0.0953. The standard InChI is InChI=1S/C31H35N7O.C2H2/c1-8-12-13-24(9-2)16-17-33-31(39)26-19-38-29(22(26)6)30(34-20-35-38)37-27-18-25(15-14-21(27)5)23(7)36-28(10-3)32-11-4;1-2/h8-15,18-20H,2-4,7,16-17H2,1,5-6H3,(H,32,36)(H,33,39)(H,34,35,37);1-2H/b12-8-,24-13+;. The van der Waals surface area contributed by atoms with Gasteiger partial charge in [0.05, 0.1) is 5.56 Å². The van der Waals surface area contributed by atoms with Crippen molar-refractivity contribution in [3.05, 3.63) is 121 Å². The van der Waals surface area contributed by atoms with Crippen molar-refractivity contribution in [2.24, 2.45) is 4.99 Å². The molecule has 2 heterocycles. The third-order valence-electron chi connectivity index (χ3n) is 6.08. The maximum absolute atomic E-state index is 13.0. The molecule has 0 bridgehead atoms. The van der Waals surface area contributed by atoms with E-state index in [0.29, 0.717) is 35.9 Å². The lowest BCUT2D eigenvalue weighted by Crippen LogP contribution is -2.24. The summed E-state index contributed by atoms with van der Waals surface area (Å²) in [4.78, 5) is 21.6. The van der Waals surface area contributed by atoms with Gasteiger partial charge in [0.2, 0.25) is 0 Å². The summed E-state index contributed by atoms with van der Waals surface area (Å²) < 4.78 is 1.67. The molecule has 8 heteroatoms. The molecule has 0 unspecified atom stereocenters. The topological polar surface area (TPSA) is 95.7 Å². The number of hydrogen-bond acceptors (Lipinski definition) is 5. The number of allylic oxidation sites excluding steroid dienone is 4. The molecule has 8 nitrogen and oxygen atoms in total. The Kier molecular flexibility index (Phi) is 12.3. The number of amides is 1. The maximum atomic E-state index is 13.0. The van der Waals surface area contributed by atoms with Gasteiger partial charge in [-0.2, -0.15) is 5.10 Å². The number of amidine groups is 1. The summed E-state index contributed by atoms with van der Waals surface area (Å²) in [5.41, 5.74) is 6.46. The molecule has 3 N–H and O–H groups in total. The van der Waals surface area contributed by atoms with Crippen LogP contribution in [0.25, 0.3) is 11.2 Å². The van der Waals surface area contributed by atoms with Gasteiger partial charge in [-0.05, 0) is 61.6 Å². The number of terminal acetylenes is 1. The molecule has 0 fully saturated rings. The Labute approximate surface area is 242 Å². The molecular weight excluding hydrogens is 510 g/mol. The van der Waals surface area contributed by atoms with E-state index in [1.54, 1.807) is 22.9 Å². The van der Waals surface area contributed by atoms with Gasteiger partial charge in [-0.15, -0.1) is 12.8 Å². The van der Waals surface area contributed by atoms with Crippen LogP contribution in [0.3, 0.4) is 0 Å². The van der Waals surface area contributed by atoms with Gasteiger partial charge >= 0.3 is 0 Å². The summed E-state index contributed by atoms with van der Waals surface area (Å²) >= 11 is 0. The monoisotopic (exact) mass is 547 g/mol. The van der Waals surface area contributed by atoms with Gasteiger partial charge in [0.15, 0.2) is 5.82 Å². The van der Waals surface area contributed by atoms with Crippen molar-refractivity contribution in [2.45, 2.75) is 27.2 Å². The van der Waals surface area contributed by atoms with Crippen LogP contribution >= 0.6 is 0 Å². The quantitative estimate of drug-likeness (QED) is 0.105. The number of anilines is 2. The minimum atomic E-state index is -0.168. The molecule has 0 aliphatic carbocycles. The lowest BCUT2D eigenvalue weighted by atomic mass is 10.1. The molecule has 3 aromatic rings. The summed E-state index contributed by atoms with van der Waals surface area (Å²) in [6, 6.07) is 5.94. The SMILES string of the molecule is C#C.C=CN=C(C=C)NC(=C)c1ccc(C)c(Nc2ncnn3cc(C(=O)NCC/C(C=C)=C/C=C\C)c(C)c23)c1. The van der Waals surface area contributed by atoms with E-state index in [1.807, 2.05) is 57.2 Å². The molecule has 0 saturated carbocycles. The zero-order valence-electron chi connectivity index (χ0n) is 23.9. The molecule has 41 heavy (non-hydrogen) atoms. The highest BCUT2D eigenvalue weighted by atomic mass is 16.1. The van der Waals surface area contributed by atoms with Gasteiger partial charge in [-0.1, -0.05) is 62.8 Å². The average Bonchev–Trinajstić information content (AvgIpc) is 3.33. The molecule has 3 rings (SSSR count). The number of nitrogens with zero attached hydrogens (tertiary/aromatic N) is 4. The van der Waals surface area contributed by atoms with Crippen molar-refractivity contribution in [3.63, 3.8) is 0 Å². The van der Waals surface area contributed by atoms with E-state index < -0.39 is 0 Å². The van der Waals surface area contributed by atoms with Crippen molar-refractivity contribution in [1.82, 2.24) is 25.2 Å². The maximum Gasteiger partial charge on any atom is 0.253 e. The molecule has 1 amide bonds. The number of benzene rings is 1. The first-order chi connectivity index (χ1) is 19.8. The van der Waals surface area contributed by atoms with E-state index in [1.165, 1.54) is 12.5 Å². The van der Waals surface area contributed by atoms with Crippen LogP contribution in [0, 0.1) is 26.7 Å². The third kappa shape index (κ3) is 8.28. The summed E-state index contributed by atoms with van der Waals surface area (Å²) in [7, 11) is 0. The van der Waals surface area contributed by atoms with Crippen molar-refractivity contribution in [2.75, 3.05) is 11.9 Å². The summed E-state index contributed by atoms with van der Waals surface area (Å²) in [5, 5.41) is 13.9. The number of hydrogen-bond donors (Lipinski definition) is 3. The highest BCUT2D eigenvalue weighted by molar-refractivity contribution is 6.00. The number of carbonyl (C=O) groups excluding carboxylic acids is 1. The first-order valence-corrected chi connectivity index (χ1v) is 12.9. The van der Waals surface area contributed by atoms with Crippen LogP contribution in [0.15, 0.2) is 104 Å². The van der Waals surface area contributed by atoms with Gasteiger partial charge in [-0.25, -0.2) is 14.5 Å². The van der Waals surface area contributed by atoms with E-state index >= 15 is 0 Å². The van der Waals surface area contributed by atoms with Gasteiger partial charge in [0.1, 0.15) is 17.7 Å². The van der Waals surface area contributed by atoms with Gasteiger partial charge in [-0.3, -0.25) is 4.79 Å². The largest absolute Gasteiger partial charge is 0.352 e. The fraction of sp³-hybridized carbons (Fsp3) is 0.152. The Hall–Kier alpha value is -5.42. The number of fused-ring (bicyclic) bond motifs is 1. The summed E-state index contributed by atoms with van der Waals surface area (Å²) in [6.45, 7) is 21.7. The highest BCUT2D eigenvalue weighted by Crippen LogP contribution is 2.28. The van der Waals surface area contributed by atoms with Crippen LogP contribution in [0.2, 0.25) is 0 Å². The number of aromatic nitrogens is 3. The van der Waals surface area contributed by atoms with Crippen LogP contribution in [0.1, 0.15) is 40.4 Å². The van der Waals surface area contributed by atoms with Crippen molar-refractivity contribution in [3.8, 4) is 12.8 Å². The summed E-state index contributed by atoms with van der Waals surface area (Å²) in [5.74, 6) is 0.966. The van der Waals surface area contributed by atoms with E-state index in [0.717, 1.165) is 33.5 Å². The second kappa shape index (κ2) is 15.9. The predicted octanol–water partition coefficient (Wildman–Crippen LogP) is 6.44. The Balaban J connectivity index is 0.00000287. The van der Waals surface area contributed by atoms with Crippen LogP contribution in [-0.2, 0) is 0 Å². The lowest BCUT2D eigenvalue weighted by Gasteiger charge is -2.14. The first-order valence-electron chi connectivity index (χ1n) is 12.9. The molecule has 0 saturated heterocycles. The summed E-state index contributed by atoms with van der Waals surface area (Å²) in [6.07, 6.45) is 22.6. The Bertz CT molecular complexity index is 1550. The minimum absolute atomic E-state index is 0.168. The third-order valence-corrected chi connectivity index (χ3v) is 6.08. The zero-order valence-corrected chi connectivity index (χ0v) is 23.9. The van der Waals surface area contributed by atoms with Crippen LogP contribution in [-0.4, -0.2) is 32.9 Å². The number of rotatable bonds is 12. The average molecular weight is 548 g/mol. The highest BCUT2D eigenvalue weighted by Gasteiger charge is 2.18. The van der Waals surface area contributed by atoms with Crippen molar-refractivity contribution >= 4 is 34.5 Å². The normalized spacial score (nSPS) is 11.3. The second-order valence-corrected chi connectivity index (χ2v) is 8.71. The Morgan fingerprint density at radius 1 is 1.17 bits per heavy atom.